The Morgan fingerprint density at radius 3 is 2.56 bits per heavy atom. The first kappa shape index (κ1) is 12.5. The summed E-state index contributed by atoms with van der Waals surface area (Å²) in [5.74, 6) is 0.642. The van der Waals surface area contributed by atoms with Gasteiger partial charge in [-0.1, -0.05) is 12.1 Å². The second-order valence-corrected chi connectivity index (χ2v) is 5.89. The maximum atomic E-state index is 11.6. The first-order chi connectivity index (χ1) is 8.62. The van der Waals surface area contributed by atoms with E-state index in [9.17, 15) is 8.42 Å². The van der Waals surface area contributed by atoms with Crippen molar-refractivity contribution in [1.82, 2.24) is 20.6 Å². The summed E-state index contributed by atoms with van der Waals surface area (Å²) in [6.45, 7) is 2.05. The van der Waals surface area contributed by atoms with E-state index in [0.717, 1.165) is 5.69 Å². The number of hydrogen-bond donors (Lipinski definition) is 2. The first-order valence-corrected chi connectivity index (χ1v) is 7.06. The largest absolute Gasteiger partial charge is 0.378 e. The predicted molar refractivity (Wildman–Crippen MR) is 65.7 cm³/mol. The molecule has 0 aliphatic carbocycles. The third-order valence-electron chi connectivity index (χ3n) is 2.43. The van der Waals surface area contributed by atoms with Gasteiger partial charge >= 0.3 is 0 Å². The highest BCUT2D eigenvalue weighted by Crippen LogP contribution is 2.15. The number of benzene rings is 1. The molecule has 0 saturated heterocycles. The second kappa shape index (κ2) is 5.13. The van der Waals surface area contributed by atoms with Crippen LogP contribution in [0.3, 0.4) is 0 Å². The van der Waals surface area contributed by atoms with Crippen molar-refractivity contribution < 1.29 is 8.42 Å². The van der Waals surface area contributed by atoms with E-state index >= 15 is 0 Å². The molecule has 0 bridgehead atoms. The molecule has 0 aliphatic rings. The van der Waals surface area contributed by atoms with Crippen LogP contribution in [0.1, 0.15) is 12.7 Å². The maximum absolute atomic E-state index is 11.6. The van der Waals surface area contributed by atoms with Crippen molar-refractivity contribution in [2.45, 2.75) is 18.4 Å². The van der Waals surface area contributed by atoms with E-state index in [-0.39, 0.29) is 5.75 Å². The number of hydrogen-bond acceptors (Lipinski definition) is 6. The lowest BCUT2D eigenvalue weighted by atomic mass is 10.3. The van der Waals surface area contributed by atoms with Crippen LogP contribution in [0.15, 0.2) is 29.2 Å². The fourth-order valence-electron chi connectivity index (χ4n) is 1.39. The standard InChI is InChI=1S/C10H13N5O2S/c1-2-18(16,17)9-5-3-8(4-6-9)11-7-10-12-14-15-13-10/h3-6,11H,2,7H2,1H3,(H,12,13,14,15). The lowest BCUT2D eigenvalue weighted by molar-refractivity contribution is 0.597. The monoisotopic (exact) mass is 267 g/mol. The summed E-state index contributed by atoms with van der Waals surface area (Å²) in [4.78, 5) is 0.329. The van der Waals surface area contributed by atoms with E-state index in [0.29, 0.717) is 17.3 Å². The lowest BCUT2D eigenvalue weighted by Crippen LogP contribution is -2.04. The summed E-state index contributed by atoms with van der Waals surface area (Å²) in [5, 5.41) is 16.4. The molecule has 1 aromatic heterocycles. The summed E-state index contributed by atoms with van der Waals surface area (Å²) in [7, 11) is -3.14. The molecule has 0 fully saturated rings. The van der Waals surface area contributed by atoms with E-state index in [4.69, 9.17) is 0 Å². The molecule has 0 saturated carbocycles. The summed E-state index contributed by atoms with van der Waals surface area (Å²) in [5.41, 5.74) is 0.801. The van der Waals surface area contributed by atoms with Gasteiger partial charge in [0.1, 0.15) is 0 Å². The summed E-state index contributed by atoms with van der Waals surface area (Å²) in [6.07, 6.45) is 0. The number of anilines is 1. The van der Waals surface area contributed by atoms with Gasteiger partial charge in [0.2, 0.25) is 0 Å². The van der Waals surface area contributed by atoms with E-state index < -0.39 is 9.84 Å². The minimum absolute atomic E-state index is 0.0998. The molecule has 7 nitrogen and oxygen atoms in total. The number of sulfone groups is 1. The van der Waals surface area contributed by atoms with Crippen LogP contribution in [-0.4, -0.2) is 34.8 Å². The highest BCUT2D eigenvalue weighted by atomic mass is 32.2. The Labute approximate surface area is 105 Å². The van der Waals surface area contributed by atoms with Gasteiger partial charge in [0.25, 0.3) is 0 Å². The topological polar surface area (TPSA) is 101 Å². The van der Waals surface area contributed by atoms with E-state index in [2.05, 4.69) is 25.9 Å². The van der Waals surface area contributed by atoms with E-state index in [1.165, 1.54) is 0 Å². The third-order valence-corrected chi connectivity index (χ3v) is 4.18. The molecule has 18 heavy (non-hydrogen) atoms. The Morgan fingerprint density at radius 1 is 1.28 bits per heavy atom. The average Bonchev–Trinajstić information content (AvgIpc) is 2.90. The number of H-pyrrole nitrogens is 1. The number of aromatic amines is 1. The molecule has 1 heterocycles. The Morgan fingerprint density at radius 2 is 2.00 bits per heavy atom. The Kier molecular flexibility index (Phi) is 3.56. The average molecular weight is 267 g/mol. The third kappa shape index (κ3) is 2.83. The van der Waals surface area contributed by atoms with Gasteiger partial charge in [0, 0.05) is 5.69 Å². The molecule has 0 amide bonds. The second-order valence-electron chi connectivity index (χ2n) is 3.61. The molecule has 0 aliphatic heterocycles. The van der Waals surface area contributed by atoms with Crippen LogP contribution in [0.5, 0.6) is 0 Å². The number of nitrogens with zero attached hydrogens (tertiary/aromatic N) is 3. The summed E-state index contributed by atoms with van der Waals surface area (Å²) in [6, 6.07) is 6.58. The smallest absolute Gasteiger partial charge is 0.193 e. The Balaban J connectivity index is 2.04. The lowest BCUT2D eigenvalue weighted by Gasteiger charge is -2.05. The molecule has 0 unspecified atom stereocenters. The SMILES string of the molecule is CCS(=O)(=O)c1ccc(NCc2nn[nH]n2)cc1. The number of nitrogens with one attached hydrogen (secondary N) is 2. The molecule has 2 aromatic rings. The Hall–Kier alpha value is -1.96. The molecular formula is C10H13N5O2S. The van der Waals surface area contributed by atoms with Crippen LogP contribution in [0, 0.1) is 0 Å². The van der Waals surface area contributed by atoms with Crippen molar-refractivity contribution in [1.29, 1.82) is 0 Å². The summed E-state index contributed by atoms with van der Waals surface area (Å²) >= 11 is 0. The van der Waals surface area contributed by atoms with Crippen molar-refractivity contribution in [3.63, 3.8) is 0 Å². The maximum Gasteiger partial charge on any atom is 0.193 e. The van der Waals surface area contributed by atoms with Crippen LogP contribution in [0.25, 0.3) is 0 Å². The zero-order chi connectivity index (χ0) is 13.0. The predicted octanol–water partition coefficient (Wildman–Crippen LogP) is 0.605. The van der Waals surface area contributed by atoms with Crippen LogP contribution in [-0.2, 0) is 16.4 Å². The van der Waals surface area contributed by atoms with Crippen LogP contribution >= 0.6 is 0 Å². The fourth-order valence-corrected chi connectivity index (χ4v) is 2.27. The molecule has 8 heteroatoms. The zero-order valence-corrected chi connectivity index (χ0v) is 10.6. The molecule has 0 spiro atoms. The molecule has 0 radical (unpaired) electrons. The van der Waals surface area contributed by atoms with Gasteiger partial charge in [-0.3, -0.25) is 0 Å². The van der Waals surface area contributed by atoms with Crippen LogP contribution in [0.2, 0.25) is 0 Å². The van der Waals surface area contributed by atoms with E-state index in [1.807, 2.05) is 0 Å². The molecule has 2 rings (SSSR count). The normalized spacial score (nSPS) is 11.4. The van der Waals surface area contributed by atoms with Crippen molar-refractivity contribution >= 4 is 15.5 Å². The van der Waals surface area contributed by atoms with Gasteiger partial charge in [-0.15, -0.1) is 10.2 Å². The highest BCUT2D eigenvalue weighted by molar-refractivity contribution is 7.91. The number of rotatable bonds is 5. The van der Waals surface area contributed by atoms with Crippen LogP contribution < -0.4 is 5.32 Å². The molecule has 2 N–H and O–H groups in total. The van der Waals surface area contributed by atoms with E-state index in [1.54, 1.807) is 31.2 Å². The van der Waals surface area contributed by atoms with Gasteiger partial charge < -0.3 is 5.32 Å². The first-order valence-electron chi connectivity index (χ1n) is 5.41. The van der Waals surface area contributed by atoms with Crippen molar-refractivity contribution in [2.24, 2.45) is 0 Å². The van der Waals surface area contributed by atoms with Gasteiger partial charge in [0.15, 0.2) is 15.7 Å². The number of tetrazole rings is 1. The Bertz CT molecular complexity index is 592. The van der Waals surface area contributed by atoms with Gasteiger partial charge in [0.05, 0.1) is 17.2 Å². The van der Waals surface area contributed by atoms with Gasteiger partial charge in [-0.25, -0.2) is 8.42 Å². The molecule has 1 aromatic carbocycles. The van der Waals surface area contributed by atoms with Crippen LogP contribution in [0.4, 0.5) is 5.69 Å². The minimum atomic E-state index is -3.14. The summed E-state index contributed by atoms with van der Waals surface area (Å²) < 4.78 is 23.2. The molecule has 96 valence electrons. The highest BCUT2D eigenvalue weighted by Gasteiger charge is 2.10. The number of aromatic nitrogens is 4. The zero-order valence-electron chi connectivity index (χ0n) is 9.79. The van der Waals surface area contributed by atoms with Gasteiger partial charge in [-0.05, 0) is 24.3 Å². The minimum Gasteiger partial charge on any atom is -0.378 e. The van der Waals surface area contributed by atoms with Crippen molar-refractivity contribution in [2.75, 3.05) is 11.1 Å². The van der Waals surface area contributed by atoms with Crippen molar-refractivity contribution in [3.8, 4) is 0 Å². The molecule has 0 atom stereocenters. The fraction of sp³-hybridized carbons (Fsp3) is 0.300. The molecular weight excluding hydrogens is 254 g/mol. The van der Waals surface area contributed by atoms with Gasteiger partial charge in [-0.2, -0.15) is 5.21 Å². The van der Waals surface area contributed by atoms with Crippen molar-refractivity contribution in [3.05, 3.63) is 30.1 Å². The quantitative estimate of drug-likeness (QED) is 0.823.